The van der Waals surface area contributed by atoms with Crippen molar-refractivity contribution in [1.82, 2.24) is 14.7 Å². The van der Waals surface area contributed by atoms with E-state index in [0.29, 0.717) is 12.5 Å². The Kier molecular flexibility index (Phi) is 3.30. The molecule has 0 aromatic carbocycles. The highest BCUT2D eigenvalue weighted by Crippen LogP contribution is 2.55. The second-order valence-electron chi connectivity index (χ2n) is 6.87. The summed E-state index contributed by atoms with van der Waals surface area (Å²) >= 11 is 0. The lowest BCUT2D eigenvalue weighted by atomic mass is 9.55. The Hall–Kier alpha value is -1.53. The molecule has 4 nitrogen and oxygen atoms in total. The Balaban J connectivity index is 1.84. The molecule has 1 saturated heterocycles. The largest absolute Gasteiger partial charge is 0.435 e. The normalized spacial score (nSPS) is 23.6. The Morgan fingerprint density at radius 3 is 2.45 bits per heavy atom. The summed E-state index contributed by atoms with van der Waals surface area (Å²) < 4.78 is 39.2. The van der Waals surface area contributed by atoms with Crippen LogP contribution in [-0.2, 0) is 13.2 Å². The molecule has 1 aliphatic carbocycles. The summed E-state index contributed by atoms with van der Waals surface area (Å²) in [6, 6.07) is 0.976. The van der Waals surface area contributed by atoms with Crippen LogP contribution in [0.3, 0.4) is 0 Å². The van der Waals surface area contributed by atoms with Gasteiger partial charge in [-0.15, -0.1) is 0 Å². The lowest BCUT2D eigenvalue weighted by Gasteiger charge is -2.64. The minimum Gasteiger partial charge on any atom is -0.333 e. The van der Waals surface area contributed by atoms with Gasteiger partial charge >= 0.3 is 6.18 Å². The summed E-state index contributed by atoms with van der Waals surface area (Å²) in [5.41, 5.74) is -0.805. The zero-order valence-corrected chi connectivity index (χ0v) is 12.9. The number of halogens is 3. The first-order valence-electron chi connectivity index (χ1n) is 7.58. The zero-order chi connectivity index (χ0) is 16.3. The third kappa shape index (κ3) is 2.13. The van der Waals surface area contributed by atoms with Crippen LogP contribution < -0.4 is 0 Å². The number of aryl methyl sites for hydroxylation is 1. The number of hydrogen-bond acceptors (Lipinski definition) is 2. The van der Waals surface area contributed by atoms with Crippen LogP contribution in [0.2, 0.25) is 0 Å². The van der Waals surface area contributed by atoms with Crippen LogP contribution in [0, 0.1) is 11.3 Å². The maximum absolute atomic E-state index is 12.7. The number of likely N-dealkylation sites (tertiary alicyclic amines) is 1. The summed E-state index contributed by atoms with van der Waals surface area (Å²) in [5, 5.41) is 3.43. The van der Waals surface area contributed by atoms with Crippen LogP contribution in [0.15, 0.2) is 6.07 Å². The number of hydrogen-bond donors (Lipinski definition) is 0. The number of nitrogens with zero attached hydrogens (tertiary/aromatic N) is 3. The van der Waals surface area contributed by atoms with E-state index in [4.69, 9.17) is 0 Å². The smallest absolute Gasteiger partial charge is 0.333 e. The highest BCUT2D eigenvalue weighted by molar-refractivity contribution is 5.93. The fraction of sp³-hybridized carbons (Fsp3) is 0.733. The van der Waals surface area contributed by atoms with Gasteiger partial charge in [0.25, 0.3) is 5.91 Å². The molecule has 1 saturated carbocycles. The van der Waals surface area contributed by atoms with Gasteiger partial charge < -0.3 is 4.90 Å². The maximum Gasteiger partial charge on any atom is 0.435 e. The van der Waals surface area contributed by atoms with Crippen molar-refractivity contribution in [1.29, 1.82) is 0 Å². The predicted octanol–water partition coefficient (Wildman–Crippen LogP) is 3.09. The van der Waals surface area contributed by atoms with Crippen molar-refractivity contribution in [2.24, 2.45) is 18.4 Å². The lowest BCUT2D eigenvalue weighted by Crippen LogP contribution is -2.70. The van der Waals surface area contributed by atoms with Gasteiger partial charge in [-0.2, -0.15) is 18.3 Å². The van der Waals surface area contributed by atoms with Crippen molar-refractivity contribution in [2.75, 3.05) is 6.54 Å². The van der Waals surface area contributed by atoms with Gasteiger partial charge in [0.05, 0.1) is 0 Å². The molecule has 0 N–H and O–H groups in total. The predicted molar refractivity (Wildman–Crippen MR) is 74.2 cm³/mol. The van der Waals surface area contributed by atoms with E-state index in [-0.39, 0.29) is 23.1 Å². The van der Waals surface area contributed by atoms with Crippen molar-refractivity contribution < 1.29 is 18.0 Å². The summed E-state index contributed by atoms with van der Waals surface area (Å²) in [6.07, 6.45) is -1.13. The Morgan fingerprint density at radius 2 is 2.05 bits per heavy atom. The van der Waals surface area contributed by atoms with E-state index in [1.165, 1.54) is 13.5 Å². The first-order valence-corrected chi connectivity index (χ1v) is 7.58. The Morgan fingerprint density at radius 1 is 1.41 bits per heavy atom. The van der Waals surface area contributed by atoms with Crippen molar-refractivity contribution >= 4 is 5.91 Å². The molecule has 7 heteroatoms. The molecule has 22 heavy (non-hydrogen) atoms. The third-order valence-corrected chi connectivity index (χ3v) is 5.08. The van der Waals surface area contributed by atoms with Crippen LogP contribution >= 0.6 is 0 Å². The number of amides is 1. The summed E-state index contributed by atoms with van der Waals surface area (Å²) in [6.45, 7) is 4.78. The molecular weight excluding hydrogens is 295 g/mol. The van der Waals surface area contributed by atoms with Gasteiger partial charge in [-0.3, -0.25) is 9.48 Å². The monoisotopic (exact) mass is 315 g/mol. The average Bonchev–Trinajstić information content (AvgIpc) is 2.66. The second kappa shape index (κ2) is 4.73. The van der Waals surface area contributed by atoms with Crippen LogP contribution in [-0.4, -0.2) is 33.2 Å². The van der Waals surface area contributed by atoms with Crippen LogP contribution in [0.5, 0.6) is 0 Å². The molecule has 1 amide bonds. The van der Waals surface area contributed by atoms with Gasteiger partial charge in [0.1, 0.15) is 5.69 Å². The van der Waals surface area contributed by atoms with E-state index in [1.54, 1.807) is 4.90 Å². The van der Waals surface area contributed by atoms with Gasteiger partial charge in [-0.1, -0.05) is 20.3 Å². The van der Waals surface area contributed by atoms with Crippen LogP contribution in [0.25, 0.3) is 0 Å². The molecule has 1 aliphatic heterocycles. The highest BCUT2D eigenvalue weighted by atomic mass is 19.4. The number of carbonyl (C=O) groups is 1. The van der Waals surface area contributed by atoms with E-state index in [2.05, 4.69) is 18.9 Å². The molecule has 122 valence electrons. The fourth-order valence-electron chi connectivity index (χ4n) is 4.05. The molecule has 1 spiro atoms. The topological polar surface area (TPSA) is 38.1 Å². The average molecular weight is 315 g/mol. The van der Waals surface area contributed by atoms with E-state index in [1.807, 2.05) is 0 Å². The molecule has 1 aromatic rings. The van der Waals surface area contributed by atoms with Gasteiger partial charge in [0.2, 0.25) is 0 Å². The molecular formula is C15H20F3N3O. The number of carbonyl (C=O) groups excluding carboxylic acids is 1. The number of alkyl halides is 3. The minimum absolute atomic E-state index is 0.00662. The van der Waals surface area contributed by atoms with Crippen molar-refractivity contribution in [3.63, 3.8) is 0 Å². The lowest BCUT2D eigenvalue weighted by molar-refractivity contribution is -0.141. The zero-order valence-electron chi connectivity index (χ0n) is 12.9. The number of aromatic nitrogens is 2. The third-order valence-electron chi connectivity index (χ3n) is 5.08. The molecule has 2 aliphatic rings. The van der Waals surface area contributed by atoms with Crippen molar-refractivity contribution in [3.8, 4) is 0 Å². The standard InChI is InChI=1S/C15H20F3N3O/c1-9(2)12-14(5-4-6-14)8-21(12)13(22)10-7-11(15(16,17)18)19-20(10)3/h7,9,12H,4-6,8H2,1-3H3. The summed E-state index contributed by atoms with van der Waals surface area (Å²) in [5.74, 6) is -0.0463. The molecule has 0 radical (unpaired) electrons. The van der Waals surface area contributed by atoms with Gasteiger partial charge in [0.15, 0.2) is 5.69 Å². The van der Waals surface area contributed by atoms with E-state index in [0.717, 1.165) is 23.6 Å². The van der Waals surface area contributed by atoms with Crippen LogP contribution in [0.4, 0.5) is 13.2 Å². The van der Waals surface area contributed by atoms with Crippen LogP contribution in [0.1, 0.15) is 49.3 Å². The van der Waals surface area contributed by atoms with Gasteiger partial charge in [0, 0.05) is 31.1 Å². The number of rotatable bonds is 2. The Bertz CT molecular complexity index is 602. The van der Waals surface area contributed by atoms with Crippen molar-refractivity contribution in [3.05, 3.63) is 17.5 Å². The Labute approximate surface area is 127 Å². The van der Waals surface area contributed by atoms with E-state index in [9.17, 15) is 18.0 Å². The molecule has 1 unspecified atom stereocenters. The molecule has 1 atom stereocenters. The summed E-state index contributed by atoms with van der Waals surface area (Å²) in [7, 11) is 1.38. The summed E-state index contributed by atoms with van der Waals surface area (Å²) in [4.78, 5) is 14.4. The molecule has 0 bridgehead atoms. The van der Waals surface area contributed by atoms with E-state index >= 15 is 0 Å². The first-order chi connectivity index (χ1) is 10.2. The molecule has 2 fully saturated rings. The van der Waals surface area contributed by atoms with Gasteiger partial charge in [-0.25, -0.2) is 0 Å². The first kappa shape index (κ1) is 15.4. The van der Waals surface area contributed by atoms with Crippen molar-refractivity contribution in [2.45, 2.75) is 45.3 Å². The highest BCUT2D eigenvalue weighted by Gasteiger charge is 2.58. The molecule has 3 rings (SSSR count). The van der Waals surface area contributed by atoms with Gasteiger partial charge in [-0.05, 0) is 18.8 Å². The SMILES string of the molecule is CC(C)C1N(C(=O)c2cc(C(F)(F)F)nn2C)CC12CCC2. The fourth-order valence-corrected chi connectivity index (χ4v) is 4.05. The maximum atomic E-state index is 12.7. The quantitative estimate of drug-likeness (QED) is 0.841. The van der Waals surface area contributed by atoms with E-state index < -0.39 is 11.9 Å². The molecule has 1 aromatic heterocycles. The minimum atomic E-state index is -4.53. The molecule has 2 heterocycles. The second-order valence-corrected chi connectivity index (χ2v) is 6.87.